The van der Waals surface area contributed by atoms with Crippen LogP contribution < -0.4 is 4.74 Å². The molecule has 0 amide bonds. The maximum atomic E-state index is 9.63. The molecule has 0 aromatic heterocycles. The van der Waals surface area contributed by atoms with Gasteiger partial charge in [-0.05, 0) is 65.2 Å². The van der Waals surface area contributed by atoms with Crippen LogP contribution in [-0.2, 0) is 30.1 Å². The number of aliphatic hydroxyl groups is 1. The lowest BCUT2D eigenvalue weighted by atomic mass is 9.89. The van der Waals surface area contributed by atoms with Gasteiger partial charge in [0.2, 0.25) is 0 Å². The molecule has 260 valence electrons. The number of ether oxygens (including phenoxy) is 6. The second kappa shape index (κ2) is 22.4. The molecule has 0 saturated carbocycles. The van der Waals surface area contributed by atoms with E-state index in [-0.39, 0.29) is 31.5 Å². The van der Waals surface area contributed by atoms with E-state index < -0.39 is 12.2 Å². The molecule has 1 fully saturated rings. The third kappa shape index (κ3) is 11.7. The monoisotopic (exact) mass is 726 g/mol. The second-order valence-electron chi connectivity index (χ2n) is 11.9. The van der Waals surface area contributed by atoms with E-state index in [9.17, 15) is 5.11 Å². The highest BCUT2D eigenvalue weighted by Gasteiger charge is 2.49. The second-order valence-corrected chi connectivity index (χ2v) is 13.1. The Morgan fingerprint density at radius 1 is 0.783 bits per heavy atom. The minimum atomic E-state index is -0.521. The standard InChI is InChI=1S/C37H56BrClO7/c1-5-9-19-41-26-30-34(42-20-10-6-2)37(44-22-12-8-4)36(43-21-11-7-3)33(46-30)29-25-28(24-27-16-14-13-15-17-27)32(39)35(31(29)38)45-23-18-40/h13-17,25,30,33-34,36-37,40H,5-12,18-24,26H2,1-4H3/t30-,33+,34-,36+,37+/m1/s1. The highest BCUT2D eigenvalue weighted by Crippen LogP contribution is 2.46. The molecular weight excluding hydrogens is 672 g/mol. The SMILES string of the molecule is CCCCOC[C@H]1O[C@@H](c2cc(Cc3ccccc3)c(Cl)c(OCCO)c2Br)[C@H](OCCCC)[C@@H](OCCCC)[C@@H]1OCCCC. The number of unbranched alkanes of at least 4 members (excludes halogenated alkanes) is 4. The van der Waals surface area contributed by atoms with Crippen LogP contribution in [-0.4, -0.2) is 75.8 Å². The molecule has 0 spiro atoms. The fourth-order valence-electron chi connectivity index (χ4n) is 5.52. The van der Waals surface area contributed by atoms with E-state index in [0.29, 0.717) is 54.7 Å². The van der Waals surface area contributed by atoms with Crippen molar-refractivity contribution in [2.45, 2.75) is 116 Å². The maximum absolute atomic E-state index is 9.63. The summed E-state index contributed by atoms with van der Waals surface area (Å²) in [5.41, 5.74) is 2.88. The Balaban J connectivity index is 2.14. The van der Waals surface area contributed by atoms with Gasteiger partial charge in [-0.1, -0.05) is 95.3 Å². The highest BCUT2D eigenvalue weighted by atomic mass is 79.9. The molecule has 5 atom stereocenters. The fraction of sp³-hybridized carbons (Fsp3) is 0.676. The average Bonchev–Trinajstić information content (AvgIpc) is 3.06. The number of rotatable bonds is 23. The molecule has 2 aromatic carbocycles. The number of aliphatic hydroxyl groups excluding tert-OH is 1. The first-order valence-corrected chi connectivity index (χ1v) is 18.5. The van der Waals surface area contributed by atoms with Gasteiger partial charge in [0.25, 0.3) is 0 Å². The topological polar surface area (TPSA) is 75.6 Å². The third-order valence-corrected chi connectivity index (χ3v) is 9.36. The number of halogens is 2. The van der Waals surface area contributed by atoms with Gasteiger partial charge in [-0.15, -0.1) is 0 Å². The van der Waals surface area contributed by atoms with Crippen molar-refractivity contribution in [3.05, 3.63) is 62.6 Å². The van der Waals surface area contributed by atoms with Gasteiger partial charge in [0, 0.05) is 32.0 Å². The normalized spacial score (nSPS) is 21.5. The molecule has 1 aliphatic heterocycles. The lowest BCUT2D eigenvalue weighted by Crippen LogP contribution is -2.58. The predicted octanol–water partition coefficient (Wildman–Crippen LogP) is 8.88. The van der Waals surface area contributed by atoms with Gasteiger partial charge in [-0.3, -0.25) is 0 Å². The van der Waals surface area contributed by atoms with E-state index in [4.69, 9.17) is 40.0 Å². The van der Waals surface area contributed by atoms with E-state index in [1.165, 1.54) is 0 Å². The smallest absolute Gasteiger partial charge is 0.152 e. The minimum Gasteiger partial charge on any atom is -0.488 e. The maximum Gasteiger partial charge on any atom is 0.152 e. The highest BCUT2D eigenvalue weighted by molar-refractivity contribution is 9.10. The zero-order valence-corrected chi connectivity index (χ0v) is 30.7. The van der Waals surface area contributed by atoms with E-state index in [2.05, 4.69) is 61.8 Å². The molecule has 0 bridgehead atoms. The summed E-state index contributed by atoms with van der Waals surface area (Å²) in [4.78, 5) is 0. The first-order valence-electron chi connectivity index (χ1n) is 17.4. The van der Waals surface area contributed by atoms with Crippen LogP contribution in [0.5, 0.6) is 5.75 Å². The van der Waals surface area contributed by atoms with Crippen molar-refractivity contribution in [1.29, 1.82) is 0 Å². The number of hydrogen-bond acceptors (Lipinski definition) is 7. The van der Waals surface area contributed by atoms with Crippen LogP contribution in [0.3, 0.4) is 0 Å². The van der Waals surface area contributed by atoms with Crippen molar-refractivity contribution >= 4 is 27.5 Å². The molecule has 9 heteroatoms. The van der Waals surface area contributed by atoms with Crippen LogP contribution in [0.25, 0.3) is 0 Å². The zero-order chi connectivity index (χ0) is 33.1. The first-order chi connectivity index (χ1) is 22.5. The van der Waals surface area contributed by atoms with Gasteiger partial charge in [0.1, 0.15) is 37.1 Å². The fourth-order valence-corrected chi connectivity index (χ4v) is 6.56. The third-order valence-electron chi connectivity index (χ3n) is 8.13. The van der Waals surface area contributed by atoms with Crippen LogP contribution in [0.4, 0.5) is 0 Å². The number of hydrogen-bond donors (Lipinski definition) is 1. The van der Waals surface area contributed by atoms with E-state index in [0.717, 1.165) is 68.1 Å². The summed E-state index contributed by atoms with van der Waals surface area (Å²) in [6.07, 6.45) is 6.43. The van der Waals surface area contributed by atoms with Crippen molar-refractivity contribution in [1.82, 2.24) is 0 Å². The molecule has 1 aliphatic rings. The summed E-state index contributed by atoms with van der Waals surface area (Å²) < 4.78 is 40.0. The summed E-state index contributed by atoms with van der Waals surface area (Å²) in [5.74, 6) is 0.482. The average molecular weight is 728 g/mol. The van der Waals surface area contributed by atoms with Crippen LogP contribution in [0.15, 0.2) is 40.9 Å². The Morgan fingerprint density at radius 2 is 1.37 bits per heavy atom. The molecule has 0 aliphatic carbocycles. The van der Waals surface area contributed by atoms with Crippen LogP contribution in [0.1, 0.15) is 102 Å². The largest absolute Gasteiger partial charge is 0.488 e. The van der Waals surface area contributed by atoms with Gasteiger partial charge in [0.05, 0.1) is 22.7 Å². The summed E-state index contributed by atoms with van der Waals surface area (Å²) in [5, 5.41) is 10.1. The van der Waals surface area contributed by atoms with Crippen LogP contribution in [0, 0.1) is 0 Å². The predicted molar refractivity (Wildman–Crippen MR) is 188 cm³/mol. The number of benzene rings is 2. The molecule has 0 radical (unpaired) electrons. The Bertz CT molecular complexity index is 1100. The zero-order valence-electron chi connectivity index (χ0n) is 28.3. The van der Waals surface area contributed by atoms with Gasteiger partial charge in [0.15, 0.2) is 5.75 Å². The van der Waals surface area contributed by atoms with E-state index in [1.807, 2.05) is 18.2 Å². The minimum absolute atomic E-state index is 0.110. The van der Waals surface area contributed by atoms with Crippen LogP contribution >= 0.6 is 27.5 Å². The van der Waals surface area contributed by atoms with Crippen molar-refractivity contribution < 1.29 is 33.5 Å². The van der Waals surface area contributed by atoms with Crippen LogP contribution in [0.2, 0.25) is 5.02 Å². The lowest BCUT2D eigenvalue weighted by Gasteiger charge is -2.47. The quantitative estimate of drug-likeness (QED) is 0.115. The molecule has 1 heterocycles. The van der Waals surface area contributed by atoms with Crippen molar-refractivity contribution in [2.75, 3.05) is 46.2 Å². The van der Waals surface area contributed by atoms with E-state index >= 15 is 0 Å². The van der Waals surface area contributed by atoms with Crippen molar-refractivity contribution in [2.24, 2.45) is 0 Å². The van der Waals surface area contributed by atoms with Crippen molar-refractivity contribution in [3.63, 3.8) is 0 Å². The van der Waals surface area contributed by atoms with E-state index in [1.54, 1.807) is 0 Å². The molecule has 0 unspecified atom stereocenters. The molecule has 2 aromatic rings. The summed E-state index contributed by atoms with van der Waals surface area (Å²) >= 11 is 10.9. The summed E-state index contributed by atoms with van der Waals surface area (Å²) in [6, 6.07) is 12.3. The molecule has 1 saturated heterocycles. The van der Waals surface area contributed by atoms with Crippen molar-refractivity contribution in [3.8, 4) is 5.75 Å². The molecule has 3 rings (SSSR count). The summed E-state index contributed by atoms with van der Waals surface area (Å²) in [7, 11) is 0. The molecule has 7 nitrogen and oxygen atoms in total. The van der Waals surface area contributed by atoms with Gasteiger partial charge in [-0.2, -0.15) is 0 Å². The Kier molecular flexibility index (Phi) is 19.1. The lowest BCUT2D eigenvalue weighted by molar-refractivity contribution is -0.268. The Morgan fingerprint density at radius 3 is 1.98 bits per heavy atom. The molecule has 1 N–H and O–H groups in total. The summed E-state index contributed by atoms with van der Waals surface area (Å²) in [6.45, 7) is 11.4. The molecule has 46 heavy (non-hydrogen) atoms. The van der Waals surface area contributed by atoms with Gasteiger partial charge < -0.3 is 33.5 Å². The van der Waals surface area contributed by atoms with Gasteiger partial charge in [-0.25, -0.2) is 0 Å². The Labute approximate surface area is 290 Å². The Hall–Kier alpha value is -1.23. The molecular formula is C37H56BrClO7. The first kappa shape index (κ1) is 39.2. The van der Waals surface area contributed by atoms with Gasteiger partial charge >= 0.3 is 0 Å².